The van der Waals surface area contributed by atoms with Crippen molar-refractivity contribution < 1.29 is 24.2 Å². The second kappa shape index (κ2) is 11.8. The number of rotatable bonds is 7. The first-order chi connectivity index (χ1) is 19.0. The molecule has 4 aromatic rings. The van der Waals surface area contributed by atoms with Crippen molar-refractivity contribution in [3.8, 4) is 5.75 Å². The van der Waals surface area contributed by atoms with Gasteiger partial charge in [-0.1, -0.05) is 84.6 Å². The molecular formula is C32H25NO5S. The summed E-state index contributed by atoms with van der Waals surface area (Å²) in [6, 6.07) is 30.3. The number of amides is 1. The number of carbonyl (C=O) groups is 2. The van der Waals surface area contributed by atoms with Crippen molar-refractivity contribution in [2.24, 2.45) is 4.99 Å². The van der Waals surface area contributed by atoms with Gasteiger partial charge in [-0.15, -0.1) is 0 Å². The Morgan fingerprint density at radius 1 is 0.897 bits per heavy atom. The maximum absolute atomic E-state index is 12.7. The number of nitrogens with zero attached hydrogens (tertiary/aromatic N) is 1. The molecule has 0 spiro atoms. The number of aliphatic hydroxyl groups excluding tert-OH is 1. The molecule has 1 aliphatic rings. The lowest BCUT2D eigenvalue weighted by Crippen LogP contribution is -2.14. The predicted molar refractivity (Wildman–Crippen MR) is 155 cm³/mol. The molecule has 1 N–H and O–H groups in total. The highest BCUT2D eigenvalue weighted by Crippen LogP contribution is 2.39. The van der Waals surface area contributed by atoms with Crippen molar-refractivity contribution in [1.29, 1.82) is 0 Å². The van der Waals surface area contributed by atoms with Gasteiger partial charge in [0.25, 0.3) is 5.91 Å². The smallest absolute Gasteiger partial charge is 0.344 e. The molecule has 0 bridgehead atoms. The molecule has 0 radical (unpaired) electrons. The van der Waals surface area contributed by atoms with Crippen molar-refractivity contribution in [2.75, 3.05) is 6.61 Å². The Bertz CT molecular complexity index is 1620. The normalized spacial score (nSPS) is 15.2. The van der Waals surface area contributed by atoms with Gasteiger partial charge in [-0.05, 0) is 59.2 Å². The third-order valence-electron chi connectivity index (χ3n) is 6.05. The number of aliphatic imine (C=N–C) groups is 1. The van der Waals surface area contributed by atoms with Crippen LogP contribution in [0.25, 0.3) is 16.8 Å². The second-order valence-corrected chi connectivity index (χ2v) is 9.67. The Morgan fingerprint density at radius 3 is 2.38 bits per heavy atom. The minimum absolute atomic E-state index is 0.0982. The Labute approximate surface area is 230 Å². The Balaban J connectivity index is 1.35. The third kappa shape index (κ3) is 5.94. The van der Waals surface area contributed by atoms with Crippen LogP contribution in [0, 0.1) is 0 Å². The largest absolute Gasteiger partial charge is 0.506 e. The number of carbonyl (C=O) groups excluding carboxylic acids is 2. The summed E-state index contributed by atoms with van der Waals surface area (Å²) in [5.41, 5.74) is 2.14. The number of esters is 1. The van der Waals surface area contributed by atoms with Crippen LogP contribution in [0.15, 0.2) is 118 Å². The van der Waals surface area contributed by atoms with E-state index in [4.69, 9.17) is 9.47 Å². The molecule has 4 aromatic carbocycles. The Hall–Kier alpha value is -4.62. The van der Waals surface area contributed by atoms with E-state index in [1.165, 1.54) is 0 Å². The van der Waals surface area contributed by atoms with E-state index in [2.05, 4.69) is 29.3 Å². The van der Waals surface area contributed by atoms with Gasteiger partial charge in [-0.25, -0.2) is 9.79 Å². The van der Waals surface area contributed by atoms with Crippen molar-refractivity contribution >= 4 is 45.5 Å². The van der Waals surface area contributed by atoms with Gasteiger partial charge in [-0.2, -0.15) is 0 Å². The van der Waals surface area contributed by atoms with E-state index in [-0.39, 0.29) is 23.0 Å². The fourth-order valence-electron chi connectivity index (χ4n) is 4.12. The van der Waals surface area contributed by atoms with E-state index >= 15 is 0 Å². The van der Waals surface area contributed by atoms with Gasteiger partial charge in [0.15, 0.2) is 0 Å². The first-order valence-corrected chi connectivity index (χ1v) is 13.2. The molecule has 0 saturated heterocycles. The van der Waals surface area contributed by atoms with Crippen LogP contribution in [0.5, 0.6) is 5.75 Å². The zero-order chi connectivity index (χ0) is 27.2. The van der Waals surface area contributed by atoms with Gasteiger partial charge in [0.1, 0.15) is 28.7 Å². The summed E-state index contributed by atoms with van der Waals surface area (Å²) >= 11 is 1.05. The van der Waals surface area contributed by atoms with Gasteiger partial charge in [-0.3, -0.25) is 4.79 Å². The molecule has 1 amide bonds. The van der Waals surface area contributed by atoms with Crippen molar-refractivity contribution in [2.45, 2.75) is 13.5 Å². The molecule has 0 aromatic heterocycles. The van der Waals surface area contributed by atoms with E-state index in [1.54, 1.807) is 43.3 Å². The lowest BCUT2D eigenvalue weighted by Gasteiger charge is -2.09. The number of hydrogen-bond donors (Lipinski definition) is 1. The van der Waals surface area contributed by atoms with Crippen molar-refractivity contribution in [3.63, 3.8) is 0 Å². The van der Waals surface area contributed by atoms with Crippen LogP contribution >= 0.6 is 11.8 Å². The number of benzene rings is 4. The van der Waals surface area contributed by atoms with Crippen LogP contribution in [-0.4, -0.2) is 28.6 Å². The maximum atomic E-state index is 12.7. The number of thioether (sulfide) groups is 1. The molecule has 0 fully saturated rings. The average molecular weight is 536 g/mol. The fourth-order valence-corrected chi connectivity index (χ4v) is 5.13. The predicted octanol–water partition coefficient (Wildman–Crippen LogP) is 7.12. The highest BCUT2D eigenvalue weighted by atomic mass is 32.2. The van der Waals surface area contributed by atoms with E-state index in [0.717, 1.165) is 33.7 Å². The van der Waals surface area contributed by atoms with E-state index < -0.39 is 11.9 Å². The molecule has 194 valence electrons. The van der Waals surface area contributed by atoms with Crippen LogP contribution in [0.2, 0.25) is 0 Å². The lowest BCUT2D eigenvalue weighted by molar-refractivity contribution is -0.138. The first kappa shape index (κ1) is 26.0. The molecule has 0 unspecified atom stereocenters. The van der Waals surface area contributed by atoms with Crippen LogP contribution in [0.3, 0.4) is 0 Å². The van der Waals surface area contributed by atoms with Gasteiger partial charge < -0.3 is 14.6 Å². The lowest BCUT2D eigenvalue weighted by atomic mass is 10.1. The third-order valence-corrected chi connectivity index (χ3v) is 7.07. The summed E-state index contributed by atoms with van der Waals surface area (Å²) < 4.78 is 11.1. The molecular weight excluding hydrogens is 510 g/mol. The molecule has 0 saturated carbocycles. The summed E-state index contributed by atoms with van der Waals surface area (Å²) in [4.78, 5) is 29.8. The molecule has 1 heterocycles. The van der Waals surface area contributed by atoms with Crippen LogP contribution in [0.1, 0.15) is 28.4 Å². The van der Waals surface area contributed by atoms with Gasteiger partial charge in [0.2, 0.25) is 0 Å². The summed E-state index contributed by atoms with van der Waals surface area (Å²) in [5, 5.41) is 13.3. The molecule has 1 aliphatic heterocycles. The van der Waals surface area contributed by atoms with E-state index in [0.29, 0.717) is 22.8 Å². The van der Waals surface area contributed by atoms with Crippen LogP contribution < -0.4 is 4.74 Å². The quantitative estimate of drug-likeness (QED) is 0.254. The van der Waals surface area contributed by atoms with Gasteiger partial charge >= 0.3 is 5.97 Å². The molecule has 6 nitrogen and oxygen atoms in total. The zero-order valence-electron chi connectivity index (χ0n) is 21.2. The van der Waals surface area contributed by atoms with Crippen molar-refractivity contribution in [1.82, 2.24) is 0 Å². The fraction of sp³-hybridized carbons (Fsp3) is 0.0938. The van der Waals surface area contributed by atoms with Gasteiger partial charge in [0, 0.05) is 5.56 Å². The summed E-state index contributed by atoms with van der Waals surface area (Å²) in [6.45, 7) is 2.23. The average Bonchev–Trinajstić information content (AvgIpc) is 3.27. The minimum Gasteiger partial charge on any atom is -0.506 e. The standard InChI is InChI=1S/C32H25NO5S/c1-2-37-32(36)28-29(34)27(39-31(28)33-30(35)23-10-4-3-5-11-23)19-21-15-17-25(18-16-21)38-20-24-13-8-12-22-9-6-7-14-26(22)24/h3-19,34H,2,20H2,1H3/b27-19-,33-31?. The Morgan fingerprint density at radius 2 is 1.62 bits per heavy atom. The molecule has 0 aliphatic carbocycles. The first-order valence-electron chi connectivity index (χ1n) is 12.4. The second-order valence-electron chi connectivity index (χ2n) is 8.64. The van der Waals surface area contributed by atoms with Crippen LogP contribution in [0.4, 0.5) is 0 Å². The number of ether oxygens (including phenoxy) is 2. The van der Waals surface area contributed by atoms with E-state index in [9.17, 15) is 14.7 Å². The SMILES string of the molecule is CCOC(=O)C1=C(O)/C(=C/c2ccc(OCc3cccc4ccccc34)cc2)SC1=NC(=O)c1ccccc1. The Kier molecular flexibility index (Phi) is 7.89. The summed E-state index contributed by atoms with van der Waals surface area (Å²) in [7, 11) is 0. The maximum Gasteiger partial charge on any atom is 0.344 e. The van der Waals surface area contributed by atoms with E-state index in [1.807, 2.05) is 42.5 Å². The molecule has 39 heavy (non-hydrogen) atoms. The number of hydrogen-bond acceptors (Lipinski definition) is 6. The molecule has 7 heteroatoms. The summed E-state index contributed by atoms with van der Waals surface area (Å²) in [6.07, 6.45) is 1.73. The minimum atomic E-state index is -0.734. The molecule has 5 rings (SSSR count). The topological polar surface area (TPSA) is 85.2 Å². The number of aliphatic hydroxyl groups is 1. The van der Waals surface area contributed by atoms with Gasteiger partial charge in [0.05, 0.1) is 11.5 Å². The highest BCUT2D eigenvalue weighted by Gasteiger charge is 2.33. The number of fused-ring (bicyclic) bond motifs is 1. The summed E-state index contributed by atoms with van der Waals surface area (Å²) in [5.74, 6) is -0.814. The van der Waals surface area contributed by atoms with Crippen molar-refractivity contribution in [3.05, 3.63) is 130 Å². The monoisotopic (exact) mass is 535 g/mol. The van der Waals surface area contributed by atoms with Crippen LogP contribution in [-0.2, 0) is 16.1 Å². The highest BCUT2D eigenvalue weighted by molar-refractivity contribution is 8.18. The molecule has 0 atom stereocenters. The zero-order valence-corrected chi connectivity index (χ0v) is 22.0.